The number of rotatable bonds is 3. The van der Waals surface area contributed by atoms with Crippen LogP contribution in [0.5, 0.6) is 0 Å². The Hall–Kier alpha value is -1.87. The van der Waals surface area contributed by atoms with Crippen molar-refractivity contribution in [2.75, 3.05) is 18.5 Å². The van der Waals surface area contributed by atoms with Crippen LogP contribution in [0.1, 0.15) is 29.3 Å². The zero-order valence-corrected chi connectivity index (χ0v) is 11.8. The summed E-state index contributed by atoms with van der Waals surface area (Å²) in [4.78, 5) is 6.56. The third-order valence-corrected chi connectivity index (χ3v) is 3.97. The van der Waals surface area contributed by atoms with Crippen LogP contribution in [-0.2, 0) is 12.8 Å². The molecular formula is C17H20N2O. The van der Waals surface area contributed by atoms with E-state index in [1.807, 2.05) is 24.3 Å². The molecule has 0 aliphatic carbocycles. The Kier molecular flexibility index (Phi) is 3.70. The van der Waals surface area contributed by atoms with Gasteiger partial charge in [-0.3, -0.25) is 4.98 Å². The van der Waals surface area contributed by atoms with Crippen LogP contribution < -0.4 is 4.90 Å². The molecule has 3 heteroatoms. The highest BCUT2D eigenvalue weighted by Gasteiger charge is 2.16. The Balaban J connectivity index is 1.80. The smallest absolute Gasteiger partial charge is 0.0845 e. The first-order valence-electron chi connectivity index (χ1n) is 7.16. The molecule has 1 aromatic heterocycles. The minimum absolute atomic E-state index is 0.484. The highest BCUT2D eigenvalue weighted by Crippen LogP contribution is 2.29. The van der Waals surface area contributed by atoms with Crippen molar-refractivity contribution in [3.8, 4) is 0 Å². The van der Waals surface area contributed by atoms with Crippen molar-refractivity contribution >= 4 is 5.69 Å². The Bertz CT molecular complexity index is 583. The second-order valence-corrected chi connectivity index (χ2v) is 5.45. The lowest BCUT2D eigenvalue weighted by molar-refractivity contribution is 0.177. The van der Waals surface area contributed by atoms with Crippen LogP contribution in [0.2, 0.25) is 0 Å². The zero-order chi connectivity index (χ0) is 13.9. The fraction of sp³-hybridized carbons (Fsp3) is 0.353. The van der Waals surface area contributed by atoms with Gasteiger partial charge < -0.3 is 10.0 Å². The SMILES string of the molecule is CN1CCCc2cc(C(O)Cc3ccccn3)ccc21. The second-order valence-electron chi connectivity index (χ2n) is 5.45. The monoisotopic (exact) mass is 268 g/mol. The van der Waals surface area contributed by atoms with Gasteiger partial charge in [0.05, 0.1) is 6.10 Å². The predicted octanol–water partition coefficient (Wildman–Crippen LogP) is 2.74. The van der Waals surface area contributed by atoms with Crippen molar-refractivity contribution in [3.05, 3.63) is 59.4 Å². The number of benzene rings is 1. The number of aliphatic hydroxyl groups is 1. The summed E-state index contributed by atoms with van der Waals surface area (Å²) in [5.74, 6) is 0. The van der Waals surface area contributed by atoms with Gasteiger partial charge in [-0.15, -0.1) is 0 Å². The first kappa shape index (κ1) is 13.1. The van der Waals surface area contributed by atoms with Crippen LogP contribution in [0, 0.1) is 0 Å². The van der Waals surface area contributed by atoms with E-state index < -0.39 is 6.10 Å². The first-order chi connectivity index (χ1) is 9.74. The number of hydrogen-bond acceptors (Lipinski definition) is 3. The van der Waals surface area contributed by atoms with Crippen LogP contribution >= 0.6 is 0 Å². The molecule has 0 radical (unpaired) electrons. The first-order valence-corrected chi connectivity index (χ1v) is 7.16. The summed E-state index contributed by atoms with van der Waals surface area (Å²) in [6.45, 7) is 1.11. The molecule has 0 amide bonds. The van der Waals surface area contributed by atoms with Gasteiger partial charge in [-0.1, -0.05) is 18.2 Å². The van der Waals surface area contributed by atoms with E-state index in [1.165, 1.54) is 17.7 Å². The maximum Gasteiger partial charge on any atom is 0.0845 e. The number of hydrogen-bond donors (Lipinski definition) is 1. The molecule has 3 rings (SSSR count). The highest BCUT2D eigenvalue weighted by atomic mass is 16.3. The molecule has 104 valence electrons. The lowest BCUT2D eigenvalue weighted by Gasteiger charge is -2.28. The lowest BCUT2D eigenvalue weighted by Crippen LogP contribution is -2.24. The summed E-state index contributed by atoms with van der Waals surface area (Å²) in [5, 5.41) is 10.4. The number of anilines is 1. The summed E-state index contributed by atoms with van der Waals surface area (Å²) in [5.41, 5.74) is 4.56. The van der Waals surface area contributed by atoms with E-state index in [0.29, 0.717) is 6.42 Å². The minimum Gasteiger partial charge on any atom is -0.388 e. The van der Waals surface area contributed by atoms with Gasteiger partial charge in [0.15, 0.2) is 0 Å². The fourth-order valence-electron chi connectivity index (χ4n) is 2.85. The normalized spacial score (nSPS) is 15.8. The van der Waals surface area contributed by atoms with Gasteiger partial charge in [0.25, 0.3) is 0 Å². The summed E-state index contributed by atoms with van der Waals surface area (Å²) >= 11 is 0. The van der Waals surface area contributed by atoms with E-state index in [9.17, 15) is 5.11 Å². The molecule has 1 aliphatic heterocycles. The lowest BCUT2D eigenvalue weighted by atomic mass is 9.96. The van der Waals surface area contributed by atoms with Crippen molar-refractivity contribution in [2.24, 2.45) is 0 Å². The minimum atomic E-state index is -0.484. The van der Waals surface area contributed by atoms with Crippen LogP contribution in [0.4, 0.5) is 5.69 Å². The maximum atomic E-state index is 10.4. The third-order valence-electron chi connectivity index (χ3n) is 3.97. The van der Waals surface area contributed by atoms with Gasteiger partial charge in [-0.05, 0) is 42.2 Å². The number of aromatic nitrogens is 1. The summed E-state index contributed by atoms with van der Waals surface area (Å²) < 4.78 is 0. The third kappa shape index (κ3) is 2.68. The van der Waals surface area contributed by atoms with E-state index in [2.05, 4.69) is 29.1 Å². The van der Waals surface area contributed by atoms with Crippen LogP contribution in [-0.4, -0.2) is 23.7 Å². The number of pyridine rings is 1. The molecule has 3 nitrogen and oxygen atoms in total. The number of aryl methyl sites for hydroxylation is 1. The summed E-state index contributed by atoms with van der Waals surface area (Å²) in [6, 6.07) is 12.1. The molecule has 1 aliphatic rings. The van der Waals surface area contributed by atoms with Gasteiger partial charge in [0.1, 0.15) is 0 Å². The molecule has 0 fully saturated rings. The molecule has 1 N–H and O–H groups in total. The van der Waals surface area contributed by atoms with Crippen molar-refractivity contribution in [1.29, 1.82) is 0 Å². The van der Waals surface area contributed by atoms with E-state index >= 15 is 0 Å². The topological polar surface area (TPSA) is 36.4 Å². The highest BCUT2D eigenvalue weighted by molar-refractivity contribution is 5.56. The van der Waals surface area contributed by atoms with Crippen molar-refractivity contribution < 1.29 is 5.11 Å². The standard InChI is InChI=1S/C17H20N2O/c1-19-10-4-5-13-11-14(7-8-16(13)19)17(20)12-15-6-2-3-9-18-15/h2-3,6-9,11,17,20H,4-5,10,12H2,1H3. The average molecular weight is 268 g/mol. The second kappa shape index (κ2) is 5.63. The van der Waals surface area contributed by atoms with E-state index in [4.69, 9.17) is 0 Å². The van der Waals surface area contributed by atoms with Crippen molar-refractivity contribution in [2.45, 2.75) is 25.4 Å². The van der Waals surface area contributed by atoms with Crippen LogP contribution in [0.25, 0.3) is 0 Å². The maximum absolute atomic E-state index is 10.4. The molecule has 0 bridgehead atoms. The Labute approximate surface area is 119 Å². The molecule has 1 unspecified atom stereocenters. The summed E-state index contributed by atoms with van der Waals surface area (Å²) in [7, 11) is 2.13. The van der Waals surface area contributed by atoms with Crippen LogP contribution in [0.3, 0.4) is 0 Å². The fourth-order valence-corrected chi connectivity index (χ4v) is 2.85. The Morgan fingerprint density at radius 3 is 3.00 bits per heavy atom. The molecule has 1 atom stereocenters. The predicted molar refractivity (Wildman–Crippen MR) is 80.9 cm³/mol. The largest absolute Gasteiger partial charge is 0.388 e. The molecule has 1 aromatic carbocycles. The molecule has 0 saturated heterocycles. The number of fused-ring (bicyclic) bond motifs is 1. The number of aliphatic hydroxyl groups excluding tert-OH is 1. The Morgan fingerprint density at radius 2 is 2.20 bits per heavy atom. The van der Waals surface area contributed by atoms with Crippen LogP contribution in [0.15, 0.2) is 42.6 Å². The van der Waals surface area contributed by atoms with E-state index in [0.717, 1.165) is 24.2 Å². The molecule has 0 saturated carbocycles. The van der Waals surface area contributed by atoms with Gasteiger partial charge in [-0.2, -0.15) is 0 Å². The molecule has 2 heterocycles. The summed E-state index contributed by atoms with van der Waals surface area (Å²) in [6.07, 6.45) is 4.13. The van der Waals surface area contributed by atoms with Gasteiger partial charge in [0, 0.05) is 37.6 Å². The average Bonchev–Trinajstić information content (AvgIpc) is 2.48. The van der Waals surface area contributed by atoms with E-state index in [1.54, 1.807) is 6.20 Å². The van der Waals surface area contributed by atoms with Gasteiger partial charge >= 0.3 is 0 Å². The van der Waals surface area contributed by atoms with Crippen molar-refractivity contribution in [1.82, 2.24) is 4.98 Å². The molecule has 0 spiro atoms. The van der Waals surface area contributed by atoms with E-state index in [-0.39, 0.29) is 0 Å². The Morgan fingerprint density at radius 1 is 1.30 bits per heavy atom. The van der Waals surface area contributed by atoms with Crippen molar-refractivity contribution in [3.63, 3.8) is 0 Å². The number of nitrogens with zero attached hydrogens (tertiary/aromatic N) is 2. The quantitative estimate of drug-likeness (QED) is 0.930. The van der Waals surface area contributed by atoms with Gasteiger partial charge in [-0.25, -0.2) is 0 Å². The molecule has 2 aromatic rings. The zero-order valence-electron chi connectivity index (χ0n) is 11.8. The molecule has 20 heavy (non-hydrogen) atoms. The molecular weight excluding hydrogens is 248 g/mol. The van der Waals surface area contributed by atoms with Gasteiger partial charge in [0.2, 0.25) is 0 Å².